The van der Waals surface area contributed by atoms with E-state index in [0.717, 1.165) is 51.6 Å². The van der Waals surface area contributed by atoms with Crippen LogP contribution in [-0.4, -0.2) is 52.7 Å². The number of alkyl halides is 1. The van der Waals surface area contributed by atoms with Crippen molar-refractivity contribution in [3.63, 3.8) is 0 Å². The predicted molar refractivity (Wildman–Crippen MR) is 470 cm³/mol. The third-order valence-electron chi connectivity index (χ3n) is 9.36. The van der Waals surface area contributed by atoms with Gasteiger partial charge in [-0.1, -0.05) is 311 Å². The van der Waals surface area contributed by atoms with E-state index in [-0.39, 0.29) is 31.6 Å². The van der Waals surface area contributed by atoms with E-state index in [9.17, 15) is 38.4 Å². The number of para-hydroxylation sites is 8. The van der Waals surface area contributed by atoms with E-state index < -0.39 is 23.6 Å². The van der Waals surface area contributed by atoms with Crippen LogP contribution in [0.5, 0.6) is 0 Å². The summed E-state index contributed by atoms with van der Waals surface area (Å²) in [5.41, 5.74) is 24.7. The van der Waals surface area contributed by atoms with Gasteiger partial charge in [0.25, 0.3) is 5.91 Å². The molecule has 0 atom stereocenters. The van der Waals surface area contributed by atoms with Gasteiger partial charge >= 0.3 is 24.1 Å². The molecule has 582 valence electrons. The number of hydrogen-bond donors (Lipinski definition) is 12. The van der Waals surface area contributed by atoms with Gasteiger partial charge in [-0.2, -0.15) is 0 Å². The fraction of sp³-hybridized carbons (Fsp3) is 0.247. The van der Waals surface area contributed by atoms with Crippen molar-refractivity contribution in [2.45, 2.75) is 139 Å². The number of hydrogen-bond acceptors (Lipinski definition) is 8. The van der Waals surface area contributed by atoms with E-state index in [1.54, 1.807) is 32.9 Å². The summed E-state index contributed by atoms with van der Waals surface area (Å²) in [6.45, 7) is 40.1. The Morgan fingerprint density at radius 2 is 0.415 bits per heavy atom. The zero-order chi connectivity index (χ0) is 82.1. The Morgan fingerprint density at radius 3 is 0.472 bits per heavy atom. The molecule has 0 fully saturated rings. The number of benzene rings is 8. The van der Waals surface area contributed by atoms with Gasteiger partial charge in [0.15, 0.2) is 0 Å². The second kappa shape index (κ2) is 95.3. The summed E-state index contributed by atoms with van der Waals surface area (Å²) in [7, 11) is 0. The first-order chi connectivity index (χ1) is 51.0. The lowest BCUT2D eigenvalue weighted by molar-refractivity contribution is -0.114. The maximum Gasteiger partial charge on any atom is 0.323 e. The van der Waals surface area contributed by atoms with Crippen molar-refractivity contribution in [1.82, 2.24) is 0 Å². The van der Waals surface area contributed by atoms with E-state index in [0.29, 0.717) is 0 Å². The Kier molecular flexibility index (Phi) is 104. The zero-order valence-electron chi connectivity index (χ0n) is 65.6. The third kappa shape index (κ3) is 84.6. The topological polar surface area (TPSA) is 337 Å². The number of amides is 12. The molecular formula is C85H127IN12O8. The van der Waals surface area contributed by atoms with Crippen LogP contribution in [0.4, 0.5) is 64.7 Å². The molecule has 0 bridgehead atoms. The highest BCUT2D eigenvalue weighted by molar-refractivity contribution is 14.1. The highest BCUT2D eigenvalue weighted by Gasteiger charge is 2.04. The van der Waals surface area contributed by atoms with Crippen molar-refractivity contribution in [3.8, 4) is 11.8 Å². The summed E-state index contributed by atoms with van der Waals surface area (Å²) in [6, 6.07) is 73.6. The van der Waals surface area contributed by atoms with E-state index in [1.807, 2.05) is 358 Å². The van der Waals surface area contributed by atoms with Gasteiger partial charge in [0.1, 0.15) is 0 Å². The molecule has 0 heterocycles. The molecule has 0 unspecified atom stereocenters. The number of rotatable bonds is 11. The molecule has 0 saturated heterocycles. The molecule has 106 heavy (non-hydrogen) atoms. The van der Waals surface area contributed by atoms with Gasteiger partial charge in [0.05, 0.1) is 0 Å². The standard InChI is InChI=1S/4C13H12N2O.2C4H7NO.C4H5NO.C3H5NO.8C2H6.CH3I.CH4/c4*16-13(14-11-7-3-1-4-8-11)15-12-9-5-2-6-10-12;3*1-2-3-4(5)6;1-2-3(4)5;9*1-2;/h4*1-10H,(H2,14,15,16);2*2-3H,1H3,(H2,5,6);1H3,(H2,5,6);2H,1H2,(H2,4,5);8*1-2H3;1H3;1H4/b;;;;3-2+;3-2-;;;;;;;;;;;;. The smallest absolute Gasteiger partial charge is 0.323 e. The lowest BCUT2D eigenvalue weighted by Gasteiger charge is -2.06. The molecule has 0 saturated carbocycles. The Labute approximate surface area is 651 Å². The van der Waals surface area contributed by atoms with Crippen LogP contribution in [0.15, 0.2) is 280 Å². The number of allylic oxidation sites excluding steroid dienone is 2. The van der Waals surface area contributed by atoms with Crippen molar-refractivity contribution < 1.29 is 38.4 Å². The Bertz CT molecular complexity index is 2830. The van der Waals surface area contributed by atoms with Crippen LogP contribution in [-0.2, 0) is 19.2 Å². The first-order valence-electron chi connectivity index (χ1n) is 34.5. The average Bonchev–Trinajstić information content (AvgIpc) is 0.942. The first kappa shape index (κ1) is 115. The molecule has 0 aromatic heterocycles. The lowest BCUT2D eigenvalue weighted by atomic mass is 10.3. The van der Waals surface area contributed by atoms with Gasteiger partial charge in [0.2, 0.25) is 17.7 Å². The second-order valence-corrected chi connectivity index (χ2v) is 16.4. The molecule has 0 radical (unpaired) electrons. The molecule has 8 aromatic carbocycles. The van der Waals surface area contributed by atoms with Gasteiger partial charge in [-0.15, -0.1) is 0 Å². The highest BCUT2D eigenvalue weighted by atomic mass is 127. The molecule has 0 aliphatic carbocycles. The van der Waals surface area contributed by atoms with Gasteiger partial charge in [-0.05, 0) is 147 Å². The van der Waals surface area contributed by atoms with Crippen LogP contribution in [0.3, 0.4) is 0 Å². The molecule has 8 rings (SSSR count). The van der Waals surface area contributed by atoms with Crippen molar-refractivity contribution in [2.24, 2.45) is 22.9 Å². The fourth-order valence-corrected chi connectivity index (χ4v) is 5.80. The van der Waals surface area contributed by atoms with Gasteiger partial charge in [0, 0.05) is 45.5 Å². The van der Waals surface area contributed by atoms with Crippen LogP contribution in [0, 0.1) is 11.8 Å². The normalized spacial score (nSPS) is 7.93. The van der Waals surface area contributed by atoms with Gasteiger partial charge < -0.3 is 65.5 Å². The number of carbonyl (C=O) groups excluding carboxylic acids is 8. The maximum absolute atomic E-state index is 11.6. The fourth-order valence-electron chi connectivity index (χ4n) is 5.80. The Balaban J connectivity index is -0.000000124. The van der Waals surface area contributed by atoms with Crippen LogP contribution in [0.2, 0.25) is 0 Å². The van der Waals surface area contributed by atoms with Gasteiger partial charge in [-0.25, -0.2) is 19.2 Å². The van der Waals surface area contributed by atoms with Gasteiger partial charge in [-0.3, -0.25) is 19.2 Å². The predicted octanol–water partition coefficient (Wildman–Crippen LogP) is 22.5. The summed E-state index contributed by atoms with van der Waals surface area (Å²) < 4.78 is 0. The van der Waals surface area contributed by atoms with Crippen LogP contribution >= 0.6 is 22.6 Å². The number of primary amides is 4. The Morgan fingerprint density at radius 1 is 0.292 bits per heavy atom. The largest absolute Gasteiger partial charge is 0.366 e. The summed E-state index contributed by atoms with van der Waals surface area (Å²) in [4.78, 5) is 86.8. The summed E-state index contributed by atoms with van der Waals surface area (Å²) in [6.07, 6.45) is 6.87. The van der Waals surface area contributed by atoms with Crippen LogP contribution in [0.1, 0.15) is 139 Å². The number of urea groups is 4. The quantitative estimate of drug-likeness (QED) is 0.0255. The number of nitrogens with one attached hydrogen (secondary N) is 8. The molecule has 12 amide bonds. The minimum Gasteiger partial charge on any atom is -0.366 e. The van der Waals surface area contributed by atoms with E-state index >= 15 is 0 Å². The SMILES string of the molecule is C.C/C=C/C(N)=O.C/C=C\C(N)=O.C=CC(N)=O.CC.CC.CC.CC.CC.CC.CC.CC.CC#CC(N)=O.CI.O=C(Nc1ccccc1)Nc1ccccc1.O=C(Nc1ccccc1)Nc1ccccc1.O=C(Nc1ccccc1)Nc1ccccc1.O=C(Nc1ccccc1)Nc1ccccc1. The van der Waals surface area contributed by atoms with E-state index in [1.165, 1.54) is 12.2 Å². The average molecular weight is 1570 g/mol. The summed E-state index contributed by atoms with van der Waals surface area (Å²) >= 11 is 2.15. The van der Waals surface area contributed by atoms with Crippen LogP contribution < -0.4 is 65.5 Å². The maximum atomic E-state index is 11.6. The molecule has 0 aliphatic rings. The van der Waals surface area contributed by atoms with Crippen molar-refractivity contribution in [1.29, 1.82) is 0 Å². The molecule has 8 aromatic rings. The number of carbonyl (C=O) groups is 8. The van der Waals surface area contributed by atoms with E-state index in [4.69, 9.17) is 0 Å². The van der Waals surface area contributed by atoms with E-state index in [2.05, 4.69) is 106 Å². The molecule has 16 N–H and O–H groups in total. The van der Waals surface area contributed by atoms with Crippen molar-refractivity contribution in [2.75, 3.05) is 47.5 Å². The lowest BCUT2D eigenvalue weighted by Crippen LogP contribution is -2.19. The van der Waals surface area contributed by atoms with Crippen LogP contribution in [0.25, 0.3) is 0 Å². The molecule has 0 aliphatic heterocycles. The first-order valence-corrected chi connectivity index (χ1v) is 36.7. The number of halogens is 1. The van der Waals surface area contributed by atoms with Crippen molar-refractivity contribution in [3.05, 3.63) is 280 Å². The minimum atomic E-state index is -0.572. The molecular weight excluding hydrogens is 1440 g/mol. The Hall–Kier alpha value is -11.8. The molecule has 20 nitrogen and oxygen atoms in total. The highest BCUT2D eigenvalue weighted by Crippen LogP contribution is 2.12. The third-order valence-corrected chi connectivity index (χ3v) is 9.36. The summed E-state index contributed by atoms with van der Waals surface area (Å²) in [5.74, 6) is 2.60. The number of nitrogens with two attached hydrogens (primary N) is 4. The van der Waals surface area contributed by atoms with Crippen molar-refractivity contribution >= 4 is 116 Å². The molecule has 21 heteroatoms. The molecule has 0 spiro atoms. The zero-order valence-corrected chi connectivity index (χ0v) is 67.8. The minimum absolute atomic E-state index is 0. The second-order valence-electron chi connectivity index (χ2n) is 16.4. The number of anilines is 8. The summed E-state index contributed by atoms with van der Waals surface area (Å²) in [5, 5.41) is 21.9. The monoisotopic (exact) mass is 1570 g/mol.